The van der Waals surface area contributed by atoms with Gasteiger partial charge in [-0.2, -0.15) is 0 Å². The normalized spacial score (nSPS) is 14.5. The Hall–Kier alpha value is -2.33. The molecule has 4 nitrogen and oxygen atoms in total. The Bertz CT molecular complexity index is 676. The lowest BCUT2D eigenvalue weighted by Crippen LogP contribution is -2.36. The van der Waals surface area contributed by atoms with Crippen LogP contribution in [-0.4, -0.2) is 32.2 Å². The molecule has 0 aliphatic carbocycles. The van der Waals surface area contributed by atoms with Crippen molar-refractivity contribution in [1.29, 1.82) is 0 Å². The van der Waals surface area contributed by atoms with Crippen molar-refractivity contribution in [2.24, 2.45) is 0 Å². The van der Waals surface area contributed by atoms with Gasteiger partial charge in [0.2, 0.25) is 5.91 Å². The molecule has 0 atom stereocenters. The lowest BCUT2D eigenvalue weighted by atomic mass is 10.1. The molecule has 3 rings (SSSR count). The van der Waals surface area contributed by atoms with Gasteiger partial charge in [-0.25, -0.2) is 0 Å². The summed E-state index contributed by atoms with van der Waals surface area (Å²) in [6, 6.07) is 16.3. The first kappa shape index (κ1) is 16.5. The van der Waals surface area contributed by atoms with Crippen molar-refractivity contribution in [1.82, 2.24) is 0 Å². The minimum atomic E-state index is 0.0521. The van der Waals surface area contributed by atoms with Crippen LogP contribution in [0.2, 0.25) is 0 Å². The number of ether oxygens (including phenoxy) is 1. The standard InChI is InChI=1S/C20H24N2O2/c1-16-6-8-17(9-7-16)10-11-20(23)21-18-4-2-3-5-19(18)22-12-14-24-15-13-22/h2-9H,10-15H2,1H3,(H,21,23). The number of hydrogen-bond acceptors (Lipinski definition) is 3. The SMILES string of the molecule is Cc1ccc(CCC(=O)Nc2ccccc2N2CCOCC2)cc1. The number of amides is 1. The van der Waals surface area contributed by atoms with Gasteiger partial charge in [0.15, 0.2) is 0 Å². The summed E-state index contributed by atoms with van der Waals surface area (Å²) in [6.07, 6.45) is 1.24. The van der Waals surface area contributed by atoms with Gasteiger partial charge in [0.25, 0.3) is 0 Å². The molecule has 24 heavy (non-hydrogen) atoms. The van der Waals surface area contributed by atoms with Crippen molar-refractivity contribution in [2.45, 2.75) is 19.8 Å². The molecule has 0 radical (unpaired) electrons. The van der Waals surface area contributed by atoms with Gasteiger partial charge < -0.3 is 15.0 Å². The van der Waals surface area contributed by atoms with E-state index in [0.29, 0.717) is 6.42 Å². The molecule has 1 fully saturated rings. The third-order valence-corrected chi connectivity index (χ3v) is 4.29. The van der Waals surface area contributed by atoms with Crippen LogP contribution >= 0.6 is 0 Å². The van der Waals surface area contributed by atoms with E-state index >= 15 is 0 Å². The molecule has 1 aliphatic rings. The smallest absolute Gasteiger partial charge is 0.224 e. The number of nitrogens with zero attached hydrogens (tertiary/aromatic N) is 1. The van der Waals surface area contributed by atoms with E-state index in [9.17, 15) is 4.79 Å². The van der Waals surface area contributed by atoms with Crippen molar-refractivity contribution < 1.29 is 9.53 Å². The maximum atomic E-state index is 12.3. The Kier molecular flexibility index (Phi) is 5.49. The molecule has 126 valence electrons. The van der Waals surface area contributed by atoms with Crippen molar-refractivity contribution in [3.8, 4) is 0 Å². The lowest BCUT2D eigenvalue weighted by Gasteiger charge is -2.30. The van der Waals surface area contributed by atoms with Crippen LogP contribution in [0.3, 0.4) is 0 Å². The average Bonchev–Trinajstić information content (AvgIpc) is 2.62. The first-order valence-corrected chi connectivity index (χ1v) is 8.49. The second-order valence-electron chi connectivity index (χ2n) is 6.15. The van der Waals surface area contributed by atoms with Crippen molar-refractivity contribution in [3.63, 3.8) is 0 Å². The quantitative estimate of drug-likeness (QED) is 0.916. The molecule has 2 aromatic carbocycles. The number of morpholine rings is 1. The Morgan fingerprint density at radius 3 is 2.54 bits per heavy atom. The number of benzene rings is 2. The van der Waals surface area contributed by atoms with Crippen LogP contribution in [0.1, 0.15) is 17.5 Å². The number of carbonyl (C=O) groups excluding carboxylic acids is 1. The fraction of sp³-hybridized carbons (Fsp3) is 0.350. The molecule has 1 heterocycles. The molecular weight excluding hydrogens is 300 g/mol. The second kappa shape index (κ2) is 7.97. The minimum Gasteiger partial charge on any atom is -0.378 e. The molecule has 1 saturated heterocycles. The molecule has 0 bridgehead atoms. The highest BCUT2D eigenvalue weighted by Gasteiger charge is 2.15. The number of carbonyl (C=O) groups is 1. The predicted molar refractivity (Wildman–Crippen MR) is 97.6 cm³/mol. The van der Waals surface area contributed by atoms with Gasteiger partial charge in [0, 0.05) is 19.5 Å². The number of aryl methyl sites for hydroxylation is 2. The van der Waals surface area contributed by atoms with Crippen molar-refractivity contribution in [2.75, 3.05) is 36.5 Å². The summed E-state index contributed by atoms with van der Waals surface area (Å²) in [5.41, 5.74) is 4.39. The fourth-order valence-corrected chi connectivity index (χ4v) is 2.88. The second-order valence-corrected chi connectivity index (χ2v) is 6.15. The van der Waals surface area contributed by atoms with E-state index < -0.39 is 0 Å². The number of rotatable bonds is 5. The van der Waals surface area contributed by atoms with Gasteiger partial charge in [-0.05, 0) is 31.0 Å². The summed E-state index contributed by atoms with van der Waals surface area (Å²) in [4.78, 5) is 14.6. The lowest BCUT2D eigenvalue weighted by molar-refractivity contribution is -0.116. The maximum Gasteiger partial charge on any atom is 0.224 e. The van der Waals surface area contributed by atoms with E-state index in [1.807, 2.05) is 18.2 Å². The molecular formula is C20H24N2O2. The molecule has 0 aromatic heterocycles. The highest BCUT2D eigenvalue weighted by molar-refractivity contribution is 5.94. The molecule has 0 saturated carbocycles. The monoisotopic (exact) mass is 324 g/mol. The molecule has 2 aromatic rings. The first-order valence-electron chi connectivity index (χ1n) is 8.49. The van der Waals surface area contributed by atoms with Crippen LogP contribution in [0, 0.1) is 6.92 Å². The Morgan fingerprint density at radius 2 is 1.79 bits per heavy atom. The zero-order valence-corrected chi connectivity index (χ0v) is 14.1. The molecule has 4 heteroatoms. The van der Waals surface area contributed by atoms with Gasteiger partial charge in [0.1, 0.15) is 0 Å². The number of para-hydroxylation sites is 2. The van der Waals surface area contributed by atoms with Crippen LogP contribution in [0.5, 0.6) is 0 Å². The van der Waals surface area contributed by atoms with E-state index in [4.69, 9.17) is 4.74 Å². The Morgan fingerprint density at radius 1 is 1.08 bits per heavy atom. The van der Waals surface area contributed by atoms with Gasteiger partial charge in [-0.15, -0.1) is 0 Å². The third kappa shape index (κ3) is 4.36. The zero-order chi connectivity index (χ0) is 16.8. The van der Waals surface area contributed by atoms with Crippen LogP contribution in [0.4, 0.5) is 11.4 Å². The highest BCUT2D eigenvalue weighted by Crippen LogP contribution is 2.26. The molecule has 1 amide bonds. The van der Waals surface area contributed by atoms with Crippen LogP contribution in [0.15, 0.2) is 48.5 Å². The summed E-state index contributed by atoms with van der Waals surface area (Å²) in [5, 5.41) is 3.07. The molecule has 0 unspecified atom stereocenters. The van der Waals surface area contributed by atoms with Gasteiger partial charge in [-0.3, -0.25) is 4.79 Å². The largest absolute Gasteiger partial charge is 0.378 e. The summed E-state index contributed by atoms with van der Waals surface area (Å²) >= 11 is 0. The van der Waals surface area contributed by atoms with Gasteiger partial charge in [-0.1, -0.05) is 42.0 Å². The Balaban J connectivity index is 1.60. The van der Waals surface area contributed by atoms with Gasteiger partial charge >= 0.3 is 0 Å². The van der Waals surface area contributed by atoms with E-state index in [-0.39, 0.29) is 5.91 Å². The summed E-state index contributed by atoms with van der Waals surface area (Å²) in [5.74, 6) is 0.0521. The van der Waals surface area contributed by atoms with E-state index in [1.165, 1.54) is 11.1 Å². The zero-order valence-electron chi connectivity index (χ0n) is 14.1. The minimum absolute atomic E-state index is 0.0521. The fourth-order valence-electron chi connectivity index (χ4n) is 2.88. The molecule has 1 N–H and O–H groups in total. The van der Waals surface area contributed by atoms with Crippen LogP contribution in [0.25, 0.3) is 0 Å². The van der Waals surface area contributed by atoms with E-state index in [1.54, 1.807) is 0 Å². The Labute approximate surface area is 143 Å². The average molecular weight is 324 g/mol. The number of nitrogens with one attached hydrogen (secondary N) is 1. The third-order valence-electron chi connectivity index (χ3n) is 4.29. The predicted octanol–water partition coefficient (Wildman–Crippen LogP) is 3.40. The van der Waals surface area contributed by atoms with Crippen molar-refractivity contribution in [3.05, 3.63) is 59.7 Å². The van der Waals surface area contributed by atoms with Gasteiger partial charge in [0.05, 0.1) is 24.6 Å². The summed E-state index contributed by atoms with van der Waals surface area (Å²) in [6.45, 7) is 5.25. The number of hydrogen-bond donors (Lipinski definition) is 1. The van der Waals surface area contributed by atoms with Crippen LogP contribution in [-0.2, 0) is 16.0 Å². The van der Waals surface area contributed by atoms with E-state index in [2.05, 4.69) is 47.5 Å². The maximum absolute atomic E-state index is 12.3. The highest BCUT2D eigenvalue weighted by atomic mass is 16.5. The molecule has 0 spiro atoms. The van der Waals surface area contributed by atoms with Crippen LogP contribution < -0.4 is 10.2 Å². The van der Waals surface area contributed by atoms with Crippen molar-refractivity contribution >= 4 is 17.3 Å². The molecule has 1 aliphatic heterocycles. The summed E-state index contributed by atoms with van der Waals surface area (Å²) < 4.78 is 5.41. The topological polar surface area (TPSA) is 41.6 Å². The summed E-state index contributed by atoms with van der Waals surface area (Å²) in [7, 11) is 0. The van der Waals surface area contributed by atoms with E-state index in [0.717, 1.165) is 44.1 Å². The first-order chi connectivity index (χ1) is 11.7. The number of anilines is 2.